The molecule has 2 aliphatic carbocycles. The molecule has 2 aromatic carbocycles. The van der Waals surface area contributed by atoms with Crippen molar-refractivity contribution in [1.29, 1.82) is 0 Å². The minimum atomic E-state index is -1.01. The first kappa shape index (κ1) is 16.1. The number of carbonyl (C=O) groups excluding carboxylic acids is 2. The number of nitrogen functional groups attached to an aromatic ring is 1. The highest BCUT2D eigenvalue weighted by Gasteiger charge is 2.40. The second kappa shape index (κ2) is 5.32. The average molecular weight is 353 g/mol. The number of fused-ring (bicyclic) bond motifs is 3. The summed E-state index contributed by atoms with van der Waals surface area (Å²) < 4.78 is 0. The van der Waals surface area contributed by atoms with Gasteiger partial charge in [-0.2, -0.15) is 0 Å². The van der Waals surface area contributed by atoms with E-state index in [9.17, 15) is 29.7 Å². The fourth-order valence-corrected chi connectivity index (χ4v) is 3.91. The fraction of sp³-hybridized carbons (Fsp3) is 0.211. The van der Waals surface area contributed by atoms with Gasteiger partial charge in [0.15, 0.2) is 11.6 Å². The Balaban J connectivity index is 2.00. The molecule has 2 aromatic rings. The summed E-state index contributed by atoms with van der Waals surface area (Å²) in [4.78, 5) is 37.1. The number of hydrogen-bond acceptors (Lipinski definition) is 6. The highest BCUT2D eigenvalue weighted by atomic mass is 16.4. The minimum Gasteiger partial charge on any atom is -0.507 e. The third-order valence-corrected chi connectivity index (χ3v) is 5.22. The van der Waals surface area contributed by atoms with Crippen molar-refractivity contribution in [3.8, 4) is 11.5 Å². The van der Waals surface area contributed by atoms with Crippen LogP contribution in [0.15, 0.2) is 18.2 Å². The largest absolute Gasteiger partial charge is 0.507 e. The third-order valence-electron chi connectivity index (χ3n) is 5.22. The monoisotopic (exact) mass is 353 g/mol. The lowest BCUT2D eigenvalue weighted by molar-refractivity contribution is -0.142. The zero-order valence-corrected chi connectivity index (χ0v) is 13.6. The minimum absolute atomic E-state index is 0.0113. The van der Waals surface area contributed by atoms with Crippen LogP contribution in [0.3, 0.4) is 0 Å². The van der Waals surface area contributed by atoms with E-state index in [0.717, 1.165) is 0 Å². The van der Waals surface area contributed by atoms with Crippen LogP contribution in [0.1, 0.15) is 49.4 Å². The highest BCUT2D eigenvalue weighted by molar-refractivity contribution is 6.32. The predicted octanol–water partition coefficient (Wildman–Crippen LogP) is 1.64. The second-order valence-corrected chi connectivity index (χ2v) is 6.61. The number of benzene rings is 2. The quantitative estimate of drug-likeness (QED) is 0.385. The molecule has 1 atom stereocenters. The van der Waals surface area contributed by atoms with Gasteiger partial charge in [-0.15, -0.1) is 0 Å². The Labute approximate surface area is 147 Å². The van der Waals surface area contributed by atoms with Gasteiger partial charge in [0.1, 0.15) is 11.5 Å². The summed E-state index contributed by atoms with van der Waals surface area (Å²) in [6.07, 6.45) is 0.454. The Hall–Kier alpha value is -3.35. The molecule has 0 aliphatic heterocycles. The number of nitrogens with two attached hydrogens (primary N) is 1. The molecule has 4 rings (SSSR count). The van der Waals surface area contributed by atoms with Crippen LogP contribution in [0.4, 0.5) is 5.69 Å². The Morgan fingerprint density at radius 3 is 2.35 bits per heavy atom. The molecule has 132 valence electrons. The Morgan fingerprint density at radius 1 is 1.00 bits per heavy atom. The number of carbonyl (C=O) groups is 3. The summed E-state index contributed by atoms with van der Waals surface area (Å²) in [7, 11) is 0. The molecule has 7 nitrogen and oxygen atoms in total. The summed E-state index contributed by atoms with van der Waals surface area (Å²) in [6, 6.07) is 4.45. The van der Waals surface area contributed by atoms with Gasteiger partial charge in [-0.3, -0.25) is 14.4 Å². The maximum Gasteiger partial charge on any atom is 0.306 e. The summed E-state index contributed by atoms with van der Waals surface area (Å²) >= 11 is 0. The number of aliphatic carboxylic acids is 1. The Bertz CT molecular complexity index is 1020. The summed E-state index contributed by atoms with van der Waals surface area (Å²) in [5.41, 5.74) is 6.03. The van der Waals surface area contributed by atoms with Crippen molar-refractivity contribution in [2.75, 3.05) is 5.73 Å². The molecule has 0 heterocycles. The average Bonchev–Trinajstić information content (AvgIpc) is 2.62. The molecule has 0 amide bonds. The molecular weight excluding hydrogens is 338 g/mol. The van der Waals surface area contributed by atoms with Crippen molar-refractivity contribution >= 4 is 23.2 Å². The zero-order chi connectivity index (χ0) is 18.7. The van der Waals surface area contributed by atoms with E-state index in [-0.39, 0.29) is 58.5 Å². The summed E-state index contributed by atoms with van der Waals surface area (Å²) in [5, 5.41) is 30.6. The van der Waals surface area contributed by atoms with Gasteiger partial charge in [-0.1, -0.05) is 12.1 Å². The van der Waals surface area contributed by atoms with E-state index < -0.39 is 29.2 Å². The summed E-state index contributed by atoms with van der Waals surface area (Å²) in [5.74, 6) is -3.76. The standard InChI is InChI=1S/C19H15NO6/c20-11-3-1-2-9-12(11)18(24)14-13(16(9)22)17(23)10-6-7(19(25)26)4-5-8(10)15(14)21/h1-3,7,21,23H,4-6,20H2,(H,25,26)/t7-/m0/s1. The molecule has 5 N–H and O–H groups in total. The number of hydrogen-bond donors (Lipinski definition) is 4. The van der Waals surface area contributed by atoms with Crippen LogP contribution in [-0.4, -0.2) is 32.9 Å². The van der Waals surface area contributed by atoms with Gasteiger partial charge in [-0.25, -0.2) is 0 Å². The van der Waals surface area contributed by atoms with Crippen molar-refractivity contribution in [1.82, 2.24) is 0 Å². The van der Waals surface area contributed by atoms with E-state index in [0.29, 0.717) is 5.56 Å². The maximum absolute atomic E-state index is 12.9. The lowest BCUT2D eigenvalue weighted by Crippen LogP contribution is -2.27. The third kappa shape index (κ3) is 1.97. The van der Waals surface area contributed by atoms with Crippen LogP contribution in [0.5, 0.6) is 11.5 Å². The predicted molar refractivity (Wildman–Crippen MR) is 90.6 cm³/mol. The Kier molecular flexibility index (Phi) is 3.30. The van der Waals surface area contributed by atoms with E-state index in [1.165, 1.54) is 18.2 Å². The number of phenols is 2. The number of aromatic hydroxyl groups is 2. The second-order valence-electron chi connectivity index (χ2n) is 6.61. The van der Waals surface area contributed by atoms with E-state index in [4.69, 9.17) is 5.73 Å². The smallest absolute Gasteiger partial charge is 0.306 e. The van der Waals surface area contributed by atoms with Crippen LogP contribution in [-0.2, 0) is 17.6 Å². The van der Waals surface area contributed by atoms with Crippen LogP contribution >= 0.6 is 0 Å². The van der Waals surface area contributed by atoms with Gasteiger partial charge in [0.25, 0.3) is 0 Å². The van der Waals surface area contributed by atoms with Crippen molar-refractivity contribution in [2.45, 2.75) is 19.3 Å². The first-order chi connectivity index (χ1) is 12.3. The lowest BCUT2D eigenvalue weighted by Gasteiger charge is -2.28. The van der Waals surface area contributed by atoms with E-state index >= 15 is 0 Å². The number of phenolic OH excluding ortho intramolecular Hbond substituents is 2. The van der Waals surface area contributed by atoms with Gasteiger partial charge >= 0.3 is 5.97 Å². The van der Waals surface area contributed by atoms with Crippen molar-refractivity contribution in [2.24, 2.45) is 5.92 Å². The highest BCUT2D eigenvalue weighted by Crippen LogP contribution is 2.46. The van der Waals surface area contributed by atoms with Crippen LogP contribution in [0.2, 0.25) is 0 Å². The normalized spacial score (nSPS) is 18.1. The van der Waals surface area contributed by atoms with Gasteiger partial charge in [0, 0.05) is 22.4 Å². The molecule has 0 spiro atoms. The van der Waals surface area contributed by atoms with Gasteiger partial charge in [0.2, 0.25) is 0 Å². The molecule has 0 saturated carbocycles. The van der Waals surface area contributed by atoms with Gasteiger partial charge in [-0.05, 0) is 25.3 Å². The zero-order valence-electron chi connectivity index (χ0n) is 13.6. The summed E-state index contributed by atoms with van der Waals surface area (Å²) in [6.45, 7) is 0. The molecule has 0 radical (unpaired) electrons. The maximum atomic E-state index is 12.9. The molecule has 26 heavy (non-hydrogen) atoms. The molecule has 0 unspecified atom stereocenters. The van der Waals surface area contributed by atoms with Crippen LogP contribution < -0.4 is 5.73 Å². The Morgan fingerprint density at radius 2 is 1.65 bits per heavy atom. The molecule has 7 heteroatoms. The number of rotatable bonds is 1. The first-order valence-corrected chi connectivity index (χ1v) is 8.13. The van der Waals surface area contributed by atoms with Gasteiger partial charge < -0.3 is 21.1 Å². The lowest BCUT2D eigenvalue weighted by atomic mass is 9.75. The van der Waals surface area contributed by atoms with Crippen molar-refractivity contribution in [3.63, 3.8) is 0 Å². The number of carboxylic acid groups (broad SMARTS) is 1. The SMILES string of the molecule is Nc1cccc2c1C(=O)c1c(O)c3c(c(O)c1C2=O)C[C@@H](C(=O)O)CC3. The fourth-order valence-electron chi connectivity index (χ4n) is 3.91. The van der Waals surface area contributed by atoms with E-state index in [2.05, 4.69) is 0 Å². The number of anilines is 1. The van der Waals surface area contributed by atoms with Crippen LogP contribution in [0.25, 0.3) is 0 Å². The molecule has 2 aliphatic rings. The number of ketones is 2. The topological polar surface area (TPSA) is 138 Å². The molecule has 0 fully saturated rings. The molecular formula is C19H15NO6. The molecule has 0 aromatic heterocycles. The van der Waals surface area contributed by atoms with E-state index in [1.54, 1.807) is 0 Å². The van der Waals surface area contributed by atoms with Crippen molar-refractivity contribution < 1.29 is 29.7 Å². The molecule has 0 bridgehead atoms. The number of carboxylic acids is 1. The first-order valence-electron chi connectivity index (χ1n) is 8.13. The molecule has 0 saturated heterocycles. The van der Waals surface area contributed by atoms with E-state index in [1.807, 2.05) is 0 Å². The van der Waals surface area contributed by atoms with Gasteiger partial charge in [0.05, 0.1) is 22.6 Å². The van der Waals surface area contributed by atoms with Crippen molar-refractivity contribution in [3.05, 3.63) is 51.6 Å². The van der Waals surface area contributed by atoms with Crippen LogP contribution in [0, 0.1) is 5.92 Å².